The first-order valence-electron chi connectivity index (χ1n) is 9.62. The zero-order valence-electron chi connectivity index (χ0n) is 16.1. The maximum atomic E-state index is 6.06. The highest BCUT2D eigenvalue weighted by atomic mass is 32.2. The molecule has 27 heavy (non-hydrogen) atoms. The summed E-state index contributed by atoms with van der Waals surface area (Å²) >= 11 is 16.6. The van der Waals surface area contributed by atoms with Crippen LogP contribution in [-0.2, 0) is 6.42 Å². The fraction of sp³-hybridized carbons (Fsp3) is 0.700. The van der Waals surface area contributed by atoms with Crippen LogP contribution in [0.15, 0.2) is 24.3 Å². The molecule has 0 unspecified atom stereocenters. The van der Waals surface area contributed by atoms with Crippen LogP contribution in [0.2, 0.25) is 0 Å². The van der Waals surface area contributed by atoms with Gasteiger partial charge in [-0.25, -0.2) is 0 Å². The molecule has 0 atom stereocenters. The molecule has 1 aromatic carbocycles. The Hall–Kier alpha value is 1.12. The van der Waals surface area contributed by atoms with Gasteiger partial charge < -0.3 is 4.74 Å². The summed E-state index contributed by atoms with van der Waals surface area (Å²) in [6, 6.07) is 8.55. The second-order valence-corrected chi connectivity index (χ2v) is 11.6. The molecule has 0 saturated heterocycles. The Balaban J connectivity index is 2.07. The number of ether oxygens (including phenoxy) is 1. The molecule has 0 amide bonds. The van der Waals surface area contributed by atoms with Crippen LogP contribution in [0.3, 0.4) is 0 Å². The minimum Gasteiger partial charge on any atom is -0.493 e. The first kappa shape index (κ1) is 26.2. The molecule has 0 aliphatic carbocycles. The molecule has 0 saturated carbocycles. The van der Waals surface area contributed by atoms with Crippen molar-refractivity contribution in [2.45, 2.75) is 19.3 Å². The molecule has 0 aromatic heterocycles. The van der Waals surface area contributed by atoms with Crippen molar-refractivity contribution in [3.63, 3.8) is 0 Å². The van der Waals surface area contributed by atoms with E-state index in [1.165, 1.54) is 52.3 Å². The summed E-state index contributed by atoms with van der Waals surface area (Å²) in [7, 11) is 0. The summed E-state index contributed by atoms with van der Waals surface area (Å²) in [6.45, 7) is 0.824. The predicted octanol–water partition coefficient (Wildman–Crippen LogP) is 6.18. The van der Waals surface area contributed by atoms with Gasteiger partial charge in [0.15, 0.2) is 0 Å². The lowest BCUT2D eigenvalue weighted by Crippen LogP contribution is -2.02. The van der Waals surface area contributed by atoms with Gasteiger partial charge in [0, 0.05) is 34.5 Å². The summed E-state index contributed by atoms with van der Waals surface area (Å²) in [5.41, 5.74) is 1.36. The molecule has 0 radical (unpaired) electrons. The lowest BCUT2D eigenvalue weighted by atomic mass is 10.1. The van der Waals surface area contributed by atoms with Gasteiger partial charge in [0.2, 0.25) is 0 Å². The summed E-state index contributed by atoms with van der Waals surface area (Å²) in [5.74, 6) is 12.8. The fourth-order valence-electron chi connectivity index (χ4n) is 2.33. The first-order valence-corrected chi connectivity index (χ1v) is 15.5. The smallest absolute Gasteiger partial charge is 0.122 e. The maximum Gasteiger partial charge on any atom is 0.122 e. The van der Waals surface area contributed by atoms with Gasteiger partial charge in [0.25, 0.3) is 0 Å². The largest absolute Gasteiger partial charge is 0.493 e. The van der Waals surface area contributed by atoms with Crippen LogP contribution in [0.5, 0.6) is 5.75 Å². The molecular formula is C20H34OS6. The highest BCUT2D eigenvalue weighted by Gasteiger charge is 2.03. The molecule has 0 spiro atoms. The molecule has 0 aliphatic heterocycles. The molecule has 0 aliphatic rings. The SMILES string of the molecule is SCCSCCSCCCOc1ccccc1CCCSCCSCCS. The van der Waals surface area contributed by atoms with E-state index in [-0.39, 0.29) is 0 Å². The van der Waals surface area contributed by atoms with Crippen molar-refractivity contribution in [3.05, 3.63) is 29.8 Å². The molecular weight excluding hydrogens is 449 g/mol. The summed E-state index contributed by atoms with van der Waals surface area (Å²) in [4.78, 5) is 0. The predicted molar refractivity (Wildman–Crippen MR) is 142 cm³/mol. The van der Waals surface area contributed by atoms with E-state index >= 15 is 0 Å². The van der Waals surface area contributed by atoms with Crippen molar-refractivity contribution < 1.29 is 4.74 Å². The maximum absolute atomic E-state index is 6.06. The number of benzene rings is 1. The van der Waals surface area contributed by atoms with Gasteiger partial charge in [0.05, 0.1) is 6.61 Å². The topological polar surface area (TPSA) is 9.23 Å². The fourth-order valence-corrected chi connectivity index (χ4v) is 6.74. The third-order valence-electron chi connectivity index (χ3n) is 3.61. The Bertz CT molecular complexity index is 446. The molecule has 1 rings (SSSR count). The third-order valence-corrected chi connectivity index (χ3v) is 9.29. The number of thioether (sulfide) groups is 4. The van der Waals surface area contributed by atoms with Crippen LogP contribution in [0, 0.1) is 0 Å². The van der Waals surface area contributed by atoms with E-state index in [1.807, 2.05) is 35.3 Å². The van der Waals surface area contributed by atoms with Gasteiger partial charge in [-0.3, -0.25) is 0 Å². The number of thiol groups is 2. The minimum absolute atomic E-state index is 0.824. The van der Waals surface area contributed by atoms with Crippen molar-refractivity contribution in [2.24, 2.45) is 0 Å². The molecule has 156 valence electrons. The highest BCUT2D eigenvalue weighted by molar-refractivity contribution is 8.03. The summed E-state index contributed by atoms with van der Waals surface area (Å²) < 4.78 is 6.06. The Morgan fingerprint density at radius 1 is 0.667 bits per heavy atom. The average molecular weight is 483 g/mol. The molecule has 1 nitrogen and oxygen atoms in total. The lowest BCUT2D eigenvalue weighted by Gasteiger charge is -2.11. The zero-order valence-corrected chi connectivity index (χ0v) is 21.2. The standard InChI is InChI=1S/C20H34OS6/c22-9-13-26-17-15-24-11-3-6-19-5-1-2-7-20(19)21-8-4-12-25-16-18-27-14-10-23/h1-2,5,7,22-23H,3-4,6,8-18H2. The van der Waals surface area contributed by atoms with E-state index in [1.54, 1.807) is 0 Å². The first-order chi connectivity index (χ1) is 13.4. The molecule has 0 fully saturated rings. The lowest BCUT2D eigenvalue weighted by molar-refractivity contribution is 0.315. The molecule has 0 heterocycles. The van der Waals surface area contributed by atoms with Crippen molar-refractivity contribution in [2.75, 3.05) is 64.1 Å². The minimum atomic E-state index is 0.824. The Morgan fingerprint density at radius 3 is 1.85 bits per heavy atom. The van der Waals surface area contributed by atoms with Gasteiger partial charge in [-0.15, -0.1) is 0 Å². The van der Waals surface area contributed by atoms with Crippen molar-refractivity contribution in [1.82, 2.24) is 0 Å². The van der Waals surface area contributed by atoms with E-state index in [4.69, 9.17) is 4.74 Å². The van der Waals surface area contributed by atoms with Crippen LogP contribution in [-0.4, -0.2) is 64.1 Å². The summed E-state index contributed by atoms with van der Waals surface area (Å²) in [5, 5.41) is 0. The van der Waals surface area contributed by atoms with Gasteiger partial charge >= 0.3 is 0 Å². The molecule has 0 N–H and O–H groups in total. The molecule has 7 heteroatoms. The quantitative estimate of drug-likeness (QED) is 0.179. The van der Waals surface area contributed by atoms with Gasteiger partial charge in [-0.2, -0.15) is 72.3 Å². The second kappa shape index (κ2) is 20.4. The number of hydrogen-bond acceptors (Lipinski definition) is 7. The molecule has 1 aromatic rings. The van der Waals surface area contributed by atoms with Crippen LogP contribution in [0.1, 0.15) is 18.4 Å². The van der Waals surface area contributed by atoms with E-state index in [0.717, 1.165) is 42.5 Å². The van der Waals surface area contributed by atoms with E-state index in [2.05, 4.69) is 61.3 Å². The van der Waals surface area contributed by atoms with Crippen LogP contribution >= 0.6 is 72.3 Å². The molecule has 0 bridgehead atoms. The van der Waals surface area contributed by atoms with Crippen molar-refractivity contribution in [3.8, 4) is 5.75 Å². The number of hydrogen-bond donors (Lipinski definition) is 2. The highest BCUT2D eigenvalue weighted by Crippen LogP contribution is 2.21. The van der Waals surface area contributed by atoms with Crippen LogP contribution in [0.25, 0.3) is 0 Å². The van der Waals surface area contributed by atoms with E-state index in [0.29, 0.717) is 0 Å². The van der Waals surface area contributed by atoms with Gasteiger partial charge in [-0.1, -0.05) is 18.2 Å². The number of para-hydroxylation sites is 1. The number of aryl methyl sites for hydroxylation is 1. The Morgan fingerprint density at radius 2 is 1.22 bits per heavy atom. The van der Waals surface area contributed by atoms with E-state index in [9.17, 15) is 0 Å². The Kier molecular flexibility index (Phi) is 19.8. The van der Waals surface area contributed by atoms with Crippen LogP contribution < -0.4 is 4.74 Å². The van der Waals surface area contributed by atoms with Crippen LogP contribution in [0.4, 0.5) is 0 Å². The second-order valence-electron chi connectivity index (χ2n) is 5.81. The monoisotopic (exact) mass is 482 g/mol. The van der Waals surface area contributed by atoms with Crippen molar-refractivity contribution >= 4 is 72.3 Å². The van der Waals surface area contributed by atoms with E-state index < -0.39 is 0 Å². The number of rotatable bonds is 19. The summed E-state index contributed by atoms with van der Waals surface area (Å²) in [6.07, 6.45) is 3.46. The van der Waals surface area contributed by atoms with Crippen molar-refractivity contribution in [1.29, 1.82) is 0 Å². The van der Waals surface area contributed by atoms with Gasteiger partial charge in [-0.05, 0) is 53.9 Å². The normalized spacial score (nSPS) is 11.0. The zero-order chi connectivity index (χ0) is 19.4. The average Bonchev–Trinajstić information content (AvgIpc) is 2.69. The van der Waals surface area contributed by atoms with Gasteiger partial charge in [0.1, 0.15) is 5.75 Å². The third kappa shape index (κ3) is 15.6. The Labute approximate surface area is 194 Å².